The Hall–Kier alpha value is -3.33. The molecule has 9 heteroatoms. The first-order valence-corrected chi connectivity index (χ1v) is 10.7. The lowest BCUT2D eigenvalue weighted by Crippen LogP contribution is -2.41. The molecular formula is C22H25N5O3S. The molecule has 0 aromatic heterocycles. The largest absolute Gasteiger partial charge is 0.494 e. The van der Waals surface area contributed by atoms with Gasteiger partial charge in [0, 0.05) is 31.9 Å². The van der Waals surface area contributed by atoms with E-state index >= 15 is 0 Å². The second kappa shape index (κ2) is 10.6. The normalized spacial score (nSPS) is 17.5. The van der Waals surface area contributed by atoms with E-state index in [2.05, 4.69) is 20.8 Å². The smallest absolute Gasteiger partial charge is 0.238 e. The molecule has 1 saturated heterocycles. The number of thioether (sulfide) groups is 1. The summed E-state index contributed by atoms with van der Waals surface area (Å²) < 4.78 is 5.39. The van der Waals surface area contributed by atoms with Crippen LogP contribution in [0.15, 0.2) is 58.7 Å². The number of rotatable bonds is 7. The molecule has 162 valence electrons. The van der Waals surface area contributed by atoms with Crippen LogP contribution in [0.5, 0.6) is 5.75 Å². The van der Waals surface area contributed by atoms with Crippen LogP contribution in [0.3, 0.4) is 0 Å². The molecule has 0 aliphatic carbocycles. The molecular weight excluding hydrogens is 414 g/mol. The summed E-state index contributed by atoms with van der Waals surface area (Å²) in [5.74, 6) is 0.199. The molecule has 0 unspecified atom stereocenters. The second-order valence-corrected chi connectivity index (χ2v) is 8.13. The maximum Gasteiger partial charge on any atom is 0.238 e. The summed E-state index contributed by atoms with van der Waals surface area (Å²) in [5, 5.41) is 13.3. The van der Waals surface area contributed by atoms with E-state index in [-0.39, 0.29) is 18.2 Å². The summed E-state index contributed by atoms with van der Waals surface area (Å²) in [6, 6.07) is 14.9. The fraction of sp³-hybridized carbons (Fsp3) is 0.273. The van der Waals surface area contributed by atoms with Crippen molar-refractivity contribution < 1.29 is 14.3 Å². The topological polar surface area (TPSA) is 95.4 Å². The number of carbonyl (C=O) groups is 2. The molecule has 2 aromatic carbocycles. The fourth-order valence-electron chi connectivity index (χ4n) is 2.77. The first kappa shape index (κ1) is 22.4. The molecule has 3 rings (SSSR count). The summed E-state index contributed by atoms with van der Waals surface area (Å²) in [7, 11) is 3.95. The molecule has 1 aliphatic rings. The number of carbonyl (C=O) groups excluding carboxylic acids is 2. The minimum absolute atomic E-state index is 0.0717. The molecule has 1 atom stereocenters. The van der Waals surface area contributed by atoms with Crippen molar-refractivity contribution in [3.05, 3.63) is 54.1 Å². The van der Waals surface area contributed by atoms with Crippen molar-refractivity contribution >= 4 is 46.3 Å². The Morgan fingerprint density at radius 3 is 2.58 bits per heavy atom. The number of nitrogens with zero attached hydrogens (tertiary/aromatic N) is 3. The number of nitrogens with one attached hydrogen (secondary N) is 2. The van der Waals surface area contributed by atoms with Gasteiger partial charge in [-0.25, -0.2) is 0 Å². The van der Waals surface area contributed by atoms with E-state index in [0.29, 0.717) is 17.5 Å². The van der Waals surface area contributed by atoms with Gasteiger partial charge in [0.25, 0.3) is 0 Å². The van der Waals surface area contributed by atoms with Crippen molar-refractivity contribution in [1.29, 1.82) is 0 Å². The Morgan fingerprint density at radius 1 is 1.23 bits per heavy atom. The zero-order chi connectivity index (χ0) is 22.2. The Labute approximate surface area is 185 Å². The van der Waals surface area contributed by atoms with Crippen LogP contribution in [-0.4, -0.2) is 49.1 Å². The van der Waals surface area contributed by atoms with Gasteiger partial charge < -0.3 is 20.3 Å². The lowest BCUT2D eigenvalue weighted by atomic mass is 10.2. The zero-order valence-electron chi connectivity index (χ0n) is 17.7. The summed E-state index contributed by atoms with van der Waals surface area (Å²) in [6.07, 6.45) is 1.67. The van der Waals surface area contributed by atoms with Crippen LogP contribution in [0.25, 0.3) is 0 Å². The SMILES string of the molecule is CCOc1ccc(NC(=O)[C@@H]2CC(=O)N/C(=N\N=C/c3ccc(N(C)C)cc3)S2)cc1. The summed E-state index contributed by atoms with van der Waals surface area (Å²) in [5.41, 5.74) is 2.60. The number of anilines is 2. The Balaban J connectivity index is 1.60. The van der Waals surface area contributed by atoms with Crippen LogP contribution in [0.1, 0.15) is 18.9 Å². The van der Waals surface area contributed by atoms with Crippen LogP contribution in [-0.2, 0) is 9.59 Å². The number of benzene rings is 2. The highest BCUT2D eigenvalue weighted by molar-refractivity contribution is 8.15. The minimum Gasteiger partial charge on any atom is -0.494 e. The first-order valence-electron chi connectivity index (χ1n) is 9.83. The molecule has 0 bridgehead atoms. The maximum absolute atomic E-state index is 12.6. The van der Waals surface area contributed by atoms with Crippen LogP contribution < -0.4 is 20.3 Å². The second-order valence-electron chi connectivity index (χ2n) is 6.94. The van der Waals surface area contributed by atoms with Crippen molar-refractivity contribution in [2.24, 2.45) is 10.2 Å². The number of hydrogen-bond donors (Lipinski definition) is 2. The van der Waals surface area contributed by atoms with E-state index in [9.17, 15) is 9.59 Å². The van der Waals surface area contributed by atoms with Gasteiger partial charge in [0.05, 0.1) is 12.8 Å². The van der Waals surface area contributed by atoms with Crippen LogP contribution in [0.4, 0.5) is 11.4 Å². The van der Waals surface area contributed by atoms with Gasteiger partial charge in [-0.05, 0) is 48.9 Å². The summed E-state index contributed by atoms with van der Waals surface area (Å²) in [6.45, 7) is 2.48. The fourth-order valence-corrected chi connectivity index (χ4v) is 3.71. The highest BCUT2D eigenvalue weighted by Gasteiger charge is 2.30. The third-order valence-electron chi connectivity index (χ3n) is 4.36. The van der Waals surface area contributed by atoms with E-state index in [1.807, 2.05) is 50.2 Å². The van der Waals surface area contributed by atoms with Crippen LogP contribution in [0.2, 0.25) is 0 Å². The van der Waals surface area contributed by atoms with Crippen molar-refractivity contribution in [1.82, 2.24) is 5.32 Å². The lowest BCUT2D eigenvalue weighted by Gasteiger charge is -2.21. The first-order chi connectivity index (χ1) is 14.9. The van der Waals surface area contributed by atoms with Crippen LogP contribution >= 0.6 is 11.8 Å². The molecule has 1 fully saturated rings. The molecule has 2 aromatic rings. The number of amidine groups is 1. The number of ether oxygens (including phenoxy) is 1. The molecule has 31 heavy (non-hydrogen) atoms. The molecule has 0 saturated carbocycles. The average molecular weight is 440 g/mol. The standard InChI is InChI=1S/C22H25N5O3S/c1-4-30-18-11-7-16(8-12-18)24-21(29)19-13-20(28)25-22(31-19)26-23-14-15-5-9-17(10-6-15)27(2)3/h5-12,14,19H,4,13H2,1-3H3,(H,24,29)(H,25,26,28)/b23-14-/t19-/m0/s1. The zero-order valence-corrected chi connectivity index (χ0v) is 18.5. The molecule has 1 heterocycles. The molecule has 0 radical (unpaired) electrons. The minimum atomic E-state index is -0.589. The highest BCUT2D eigenvalue weighted by Crippen LogP contribution is 2.23. The highest BCUT2D eigenvalue weighted by atomic mass is 32.2. The van der Waals surface area contributed by atoms with E-state index in [0.717, 1.165) is 17.0 Å². The van der Waals surface area contributed by atoms with Gasteiger partial charge in [-0.2, -0.15) is 5.10 Å². The molecule has 1 aliphatic heterocycles. The van der Waals surface area contributed by atoms with E-state index < -0.39 is 5.25 Å². The Bertz CT molecular complexity index is 972. The summed E-state index contributed by atoms with van der Waals surface area (Å²) >= 11 is 1.18. The third kappa shape index (κ3) is 6.58. The van der Waals surface area contributed by atoms with Crippen molar-refractivity contribution in [3.8, 4) is 5.75 Å². The Kier molecular flexibility index (Phi) is 7.66. The van der Waals surface area contributed by atoms with Gasteiger partial charge in [0.2, 0.25) is 11.8 Å². The predicted octanol–water partition coefficient (Wildman–Crippen LogP) is 3.10. The van der Waals surface area contributed by atoms with E-state index in [4.69, 9.17) is 4.74 Å². The quantitative estimate of drug-likeness (QED) is 0.511. The van der Waals surface area contributed by atoms with Gasteiger partial charge in [0.15, 0.2) is 5.17 Å². The van der Waals surface area contributed by atoms with Gasteiger partial charge in [-0.1, -0.05) is 23.9 Å². The average Bonchev–Trinajstić information content (AvgIpc) is 2.75. The molecule has 2 amide bonds. The lowest BCUT2D eigenvalue weighted by molar-refractivity contribution is -0.123. The monoisotopic (exact) mass is 439 g/mol. The van der Waals surface area contributed by atoms with Gasteiger partial charge in [0.1, 0.15) is 11.0 Å². The third-order valence-corrected chi connectivity index (χ3v) is 5.43. The number of hydrogen-bond acceptors (Lipinski definition) is 7. The van der Waals surface area contributed by atoms with Gasteiger partial charge in [-0.3, -0.25) is 9.59 Å². The van der Waals surface area contributed by atoms with Crippen molar-refractivity contribution in [2.45, 2.75) is 18.6 Å². The van der Waals surface area contributed by atoms with Gasteiger partial charge >= 0.3 is 0 Å². The maximum atomic E-state index is 12.6. The molecule has 2 N–H and O–H groups in total. The Morgan fingerprint density at radius 2 is 1.94 bits per heavy atom. The van der Waals surface area contributed by atoms with Crippen molar-refractivity contribution in [2.75, 3.05) is 30.9 Å². The molecule has 0 spiro atoms. The van der Waals surface area contributed by atoms with Crippen molar-refractivity contribution in [3.63, 3.8) is 0 Å². The van der Waals surface area contributed by atoms with Gasteiger partial charge in [-0.15, -0.1) is 5.10 Å². The van der Waals surface area contributed by atoms with Crippen LogP contribution in [0, 0.1) is 0 Å². The summed E-state index contributed by atoms with van der Waals surface area (Å²) in [4.78, 5) is 26.7. The number of amides is 2. The molecule has 8 nitrogen and oxygen atoms in total. The van der Waals surface area contributed by atoms with E-state index in [1.165, 1.54) is 11.8 Å². The predicted molar refractivity (Wildman–Crippen MR) is 126 cm³/mol. The van der Waals surface area contributed by atoms with E-state index in [1.54, 1.807) is 30.5 Å².